The molecule has 0 aliphatic heterocycles. The van der Waals surface area contributed by atoms with Crippen molar-refractivity contribution in [2.24, 2.45) is 5.92 Å². The number of hydrogen-bond donors (Lipinski definition) is 1. The molecule has 1 aromatic heterocycles. The van der Waals surface area contributed by atoms with Gasteiger partial charge in [0.25, 0.3) is 0 Å². The first-order chi connectivity index (χ1) is 19.9. The number of carboxylic acids is 1. The fraction of sp³-hybridized carbons (Fsp3) is 0.500. The Kier molecular flexibility index (Phi) is 13.5. The van der Waals surface area contributed by atoms with E-state index in [2.05, 4.69) is 43.1 Å². The maximum Gasteiger partial charge on any atom is 0.343 e. The number of methoxy groups -OCH3 is 2. The number of rotatable bonds is 18. The van der Waals surface area contributed by atoms with Crippen LogP contribution in [0, 0.1) is 5.92 Å². The number of hydrogen-bond acceptors (Lipinski definition) is 6. The van der Waals surface area contributed by atoms with Gasteiger partial charge in [-0.25, -0.2) is 9.78 Å². The topological polar surface area (TPSA) is 85.7 Å². The molecule has 0 aliphatic rings. The number of thioether (sulfide) groups is 1. The molecule has 3 rings (SSSR count). The third-order valence-electron chi connectivity index (χ3n) is 7.63. The van der Waals surface area contributed by atoms with Crippen LogP contribution in [0.1, 0.15) is 93.1 Å². The minimum atomic E-state index is -0.810. The van der Waals surface area contributed by atoms with Gasteiger partial charge in [0.05, 0.1) is 19.7 Å². The fourth-order valence-electron chi connectivity index (χ4n) is 5.23. The zero-order chi connectivity index (χ0) is 29.6. The van der Waals surface area contributed by atoms with Gasteiger partial charge in [-0.15, -0.1) is 11.8 Å². The predicted molar refractivity (Wildman–Crippen MR) is 167 cm³/mol. The Morgan fingerprint density at radius 3 is 2.24 bits per heavy atom. The lowest BCUT2D eigenvalue weighted by Gasteiger charge is -2.14. The lowest BCUT2D eigenvalue weighted by atomic mass is 9.93. The van der Waals surface area contributed by atoms with Crippen LogP contribution >= 0.6 is 11.8 Å². The Labute approximate surface area is 249 Å². The summed E-state index contributed by atoms with van der Waals surface area (Å²) in [4.78, 5) is 29.4. The number of aliphatic carboxylic acids is 1. The molecule has 2 unspecified atom stereocenters. The molecular weight excluding hydrogens is 534 g/mol. The van der Waals surface area contributed by atoms with E-state index < -0.39 is 17.2 Å². The predicted octanol–water partition coefficient (Wildman–Crippen LogP) is 8.53. The van der Waals surface area contributed by atoms with Gasteiger partial charge in [0.1, 0.15) is 10.8 Å². The molecule has 2 atom stereocenters. The monoisotopic (exact) mass is 579 g/mol. The van der Waals surface area contributed by atoms with Crippen molar-refractivity contribution in [1.29, 1.82) is 0 Å². The van der Waals surface area contributed by atoms with Crippen LogP contribution in [0.2, 0.25) is 0 Å². The summed E-state index contributed by atoms with van der Waals surface area (Å²) < 4.78 is 10.1. The molecule has 0 saturated carbocycles. The third-order valence-corrected chi connectivity index (χ3v) is 8.88. The fourth-order valence-corrected chi connectivity index (χ4v) is 6.27. The van der Waals surface area contributed by atoms with Crippen LogP contribution in [0.4, 0.5) is 0 Å². The van der Waals surface area contributed by atoms with E-state index in [0.717, 1.165) is 41.9 Å². The molecule has 0 aliphatic carbocycles. The summed E-state index contributed by atoms with van der Waals surface area (Å²) in [7, 11) is 2.77. The van der Waals surface area contributed by atoms with E-state index in [1.807, 2.05) is 18.2 Å². The second kappa shape index (κ2) is 17.0. The first-order valence-corrected chi connectivity index (χ1v) is 15.8. The van der Waals surface area contributed by atoms with Gasteiger partial charge in [0.2, 0.25) is 5.88 Å². The van der Waals surface area contributed by atoms with Crippen molar-refractivity contribution in [2.75, 3.05) is 14.2 Å². The highest BCUT2D eigenvalue weighted by atomic mass is 32.2. The van der Waals surface area contributed by atoms with E-state index >= 15 is 0 Å². The van der Waals surface area contributed by atoms with E-state index in [1.165, 1.54) is 75.6 Å². The van der Waals surface area contributed by atoms with Crippen molar-refractivity contribution in [1.82, 2.24) is 4.98 Å². The van der Waals surface area contributed by atoms with Crippen LogP contribution in [0.5, 0.6) is 5.88 Å². The summed E-state index contributed by atoms with van der Waals surface area (Å²) in [6, 6.07) is 16.0. The van der Waals surface area contributed by atoms with Crippen LogP contribution in [-0.2, 0) is 22.4 Å². The number of carbonyl (C=O) groups excluding carboxylic acids is 1. The number of unbranched alkanes of at least 4 members (excludes halogenated alkanes) is 3. The summed E-state index contributed by atoms with van der Waals surface area (Å²) in [5, 5.41) is 10.1. The zero-order valence-corrected chi connectivity index (χ0v) is 25.8. The van der Waals surface area contributed by atoms with E-state index in [4.69, 9.17) is 9.47 Å². The van der Waals surface area contributed by atoms with Crippen LogP contribution in [-0.4, -0.2) is 41.5 Å². The van der Waals surface area contributed by atoms with Gasteiger partial charge >= 0.3 is 11.9 Å². The molecule has 7 heteroatoms. The number of pyridine rings is 1. The summed E-state index contributed by atoms with van der Waals surface area (Å²) in [6.45, 7) is 4.64. The standard InChI is InChI=1S/C34H45NO5S/c1-5-6-7-13-24(2)14-12-18-26-16-9-8-15-25(26)17-10-11-19-31(33(36)37)41-28-21-20-27-22-29(34(38)40-4)32(39-3)35-30(27)23-28/h8-9,15-16,20-24,31H,5-7,10-14,17-19H2,1-4H3,(H,36,37). The molecule has 41 heavy (non-hydrogen) atoms. The highest BCUT2D eigenvalue weighted by Gasteiger charge is 2.20. The molecule has 0 amide bonds. The smallest absolute Gasteiger partial charge is 0.343 e. The molecule has 0 bridgehead atoms. The van der Waals surface area contributed by atoms with Crippen LogP contribution in [0.3, 0.4) is 0 Å². The summed E-state index contributed by atoms with van der Waals surface area (Å²) in [5.74, 6) is -0.356. The van der Waals surface area contributed by atoms with Crippen molar-refractivity contribution in [3.05, 3.63) is 65.2 Å². The lowest BCUT2D eigenvalue weighted by molar-refractivity contribution is -0.136. The first-order valence-electron chi connectivity index (χ1n) is 14.9. The molecule has 1 N–H and O–H groups in total. The minimum absolute atomic E-state index is 0.183. The quantitative estimate of drug-likeness (QED) is 0.0918. The number of benzene rings is 2. The van der Waals surface area contributed by atoms with Gasteiger partial charge in [-0.2, -0.15) is 0 Å². The molecule has 3 aromatic rings. The highest BCUT2D eigenvalue weighted by molar-refractivity contribution is 8.00. The number of aromatic nitrogens is 1. The number of fused-ring (bicyclic) bond motifs is 1. The second-order valence-corrected chi connectivity index (χ2v) is 12.1. The maximum absolute atomic E-state index is 12.1. The van der Waals surface area contributed by atoms with Crippen LogP contribution in [0.25, 0.3) is 10.9 Å². The number of carboxylic acid groups (broad SMARTS) is 1. The molecule has 2 aromatic carbocycles. The average Bonchev–Trinajstić information content (AvgIpc) is 2.98. The first kappa shape index (κ1) is 32.5. The van der Waals surface area contributed by atoms with Crippen molar-refractivity contribution in [3.8, 4) is 5.88 Å². The Hall–Kier alpha value is -3.06. The van der Waals surface area contributed by atoms with E-state index in [-0.39, 0.29) is 11.4 Å². The summed E-state index contributed by atoms with van der Waals surface area (Å²) in [6.07, 6.45) is 12.3. The van der Waals surface area contributed by atoms with Gasteiger partial charge in [-0.05, 0) is 67.3 Å². The summed E-state index contributed by atoms with van der Waals surface area (Å²) >= 11 is 1.34. The zero-order valence-electron chi connectivity index (χ0n) is 25.0. The number of aryl methyl sites for hydroxylation is 2. The Morgan fingerprint density at radius 1 is 0.902 bits per heavy atom. The van der Waals surface area contributed by atoms with Crippen molar-refractivity contribution < 1.29 is 24.2 Å². The Balaban J connectivity index is 1.54. The van der Waals surface area contributed by atoms with Crippen LogP contribution < -0.4 is 4.74 Å². The number of carbonyl (C=O) groups is 2. The van der Waals surface area contributed by atoms with Crippen molar-refractivity contribution in [3.63, 3.8) is 0 Å². The number of nitrogens with zero attached hydrogens (tertiary/aromatic N) is 1. The normalized spacial score (nSPS) is 12.7. The molecule has 0 saturated heterocycles. The van der Waals surface area contributed by atoms with Gasteiger partial charge in [0, 0.05) is 10.3 Å². The molecular formula is C34H45NO5S. The highest BCUT2D eigenvalue weighted by Crippen LogP contribution is 2.31. The Morgan fingerprint density at radius 2 is 1.59 bits per heavy atom. The second-order valence-electron chi connectivity index (χ2n) is 10.8. The molecule has 222 valence electrons. The summed E-state index contributed by atoms with van der Waals surface area (Å²) in [5.41, 5.74) is 3.72. The van der Waals surface area contributed by atoms with Gasteiger partial charge in [-0.1, -0.05) is 82.7 Å². The Bertz CT molecular complexity index is 1280. The molecule has 1 heterocycles. The largest absolute Gasteiger partial charge is 0.480 e. The van der Waals surface area contributed by atoms with E-state index in [1.54, 1.807) is 6.07 Å². The molecule has 0 fully saturated rings. The SMILES string of the molecule is CCCCCC(C)CCCc1ccccc1CCCCC(Sc1ccc2cc(C(=O)OC)c(OC)nc2c1)C(=O)O. The van der Waals surface area contributed by atoms with Crippen molar-refractivity contribution >= 4 is 34.6 Å². The number of esters is 1. The van der Waals surface area contributed by atoms with Gasteiger partial charge in [0.15, 0.2) is 0 Å². The number of ether oxygens (including phenoxy) is 2. The molecule has 0 spiro atoms. The molecule has 6 nitrogen and oxygen atoms in total. The average molecular weight is 580 g/mol. The van der Waals surface area contributed by atoms with Gasteiger partial charge < -0.3 is 14.6 Å². The van der Waals surface area contributed by atoms with Gasteiger partial charge in [-0.3, -0.25) is 4.79 Å². The molecule has 0 radical (unpaired) electrons. The third kappa shape index (κ3) is 10.1. The van der Waals surface area contributed by atoms with Crippen LogP contribution in [0.15, 0.2) is 53.4 Å². The maximum atomic E-state index is 12.1. The van der Waals surface area contributed by atoms with E-state index in [0.29, 0.717) is 11.9 Å². The minimum Gasteiger partial charge on any atom is -0.480 e. The van der Waals surface area contributed by atoms with Crippen molar-refractivity contribution in [2.45, 2.75) is 94.6 Å². The lowest BCUT2D eigenvalue weighted by Crippen LogP contribution is -2.16. The van der Waals surface area contributed by atoms with E-state index in [9.17, 15) is 14.7 Å².